The minimum atomic E-state index is -3.49. The molecule has 0 atom stereocenters. The number of thiophene rings is 1. The zero-order valence-electron chi connectivity index (χ0n) is 9.26. The summed E-state index contributed by atoms with van der Waals surface area (Å²) < 4.78 is 27.6. The normalized spacial score (nSPS) is 15.7. The van der Waals surface area contributed by atoms with Gasteiger partial charge in [0.1, 0.15) is 0 Å². The summed E-state index contributed by atoms with van der Waals surface area (Å²) >= 11 is 4.50. The number of aryl methyl sites for hydroxylation is 1. The number of nitrogens with one attached hydrogen (secondary N) is 1. The van der Waals surface area contributed by atoms with Crippen LogP contribution in [-0.2, 0) is 16.4 Å². The van der Waals surface area contributed by atoms with Crippen molar-refractivity contribution >= 4 is 43.0 Å². The van der Waals surface area contributed by atoms with Crippen LogP contribution < -0.4 is 4.31 Å². The molecule has 0 radical (unpaired) electrons. The number of hydrogen-bond acceptors (Lipinski definition) is 4. The topological polar surface area (TPSA) is 66.1 Å². The zero-order chi connectivity index (χ0) is 12.8. The highest BCUT2D eigenvalue weighted by atomic mass is 79.9. The summed E-state index contributed by atoms with van der Waals surface area (Å²) in [6.07, 6.45) is 3.22. The largest absolute Gasteiger partial charge is 0.280 e. The van der Waals surface area contributed by atoms with Gasteiger partial charge in [-0.05, 0) is 40.2 Å². The van der Waals surface area contributed by atoms with E-state index in [0.29, 0.717) is 20.9 Å². The second-order valence-electron chi connectivity index (χ2n) is 3.97. The van der Waals surface area contributed by atoms with Crippen LogP contribution in [0.5, 0.6) is 0 Å². The number of fused-ring (bicyclic) bond motifs is 1. The van der Waals surface area contributed by atoms with E-state index in [1.807, 2.05) is 0 Å². The monoisotopic (exact) mass is 347 g/mol. The number of nitrogens with zero attached hydrogens (tertiary/aromatic N) is 2. The predicted molar refractivity (Wildman–Crippen MR) is 73.5 cm³/mol. The van der Waals surface area contributed by atoms with Crippen LogP contribution >= 0.6 is 27.3 Å². The number of H-pyrrole nitrogens is 1. The molecule has 1 aliphatic rings. The summed E-state index contributed by atoms with van der Waals surface area (Å²) in [5.74, 6) is 0. The fourth-order valence-electron chi connectivity index (χ4n) is 2.04. The molecular formula is C10H10BrN3O2S2. The maximum absolute atomic E-state index is 12.6. The Balaban J connectivity index is 2.10. The Morgan fingerprint density at radius 2 is 2.33 bits per heavy atom. The summed E-state index contributed by atoms with van der Waals surface area (Å²) in [5, 5.41) is 8.55. The Morgan fingerprint density at radius 3 is 3.06 bits per heavy atom. The van der Waals surface area contributed by atoms with Gasteiger partial charge in [0.25, 0.3) is 10.0 Å². The maximum atomic E-state index is 12.6. The van der Waals surface area contributed by atoms with E-state index < -0.39 is 10.0 Å². The van der Waals surface area contributed by atoms with Crippen LogP contribution in [0, 0.1) is 0 Å². The molecule has 0 saturated carbocycles. The van der Waals surface area contributed by atoms with Gasteiger partial charge < -0.3 is 0 Å². The second-order valence-corrected chi connectivity index (χ2v) is 7.80. The van der Waals surface area contributed by atoms with Crippen molar-refractivity contribution in [3.63, 3.8) is 0 Å². The molecule has 96 valence electrons. The van der Waals surface area contributed by atoms with E-state index >= 15 is 0 Å². The van der Waals surface area contributed by atoms with Gasteiger partial charge in [-0.1, -0.05) is 0 Å². The molecule has 8 heteroatoms. The van der Waals surface area contributed by atoms with Crippen molar-refractivity contribution in [2.45, 2.75) is 17.1 Å². The van der Waals surface area contributed by atoms with E-state index in [4.69, 9.17) is 0 Å². The molecule has 0 unspecified atom stereocenters. The Bertz CT molecular complexity index is 677. The van der Waals surface area contributed by atoms with Crippen molar-refractivity contribution in [1.29, 1.82) is 0 Å². The van der Waals surface area contributed by atoms with E-state index in [9.17, 15) is 8.42 Å². The molecule has 3 heterocycles. The molecule has 5 nitrogen and oxygen atoms in total. The smallest absolute Gasteiger partial charge is 0.275 e. The average Bonchev–Trinajstić information content (AvgIpc) is 2.96. The molecule has 1 aliphatic heterocycles. The van der Waals surface area contributed by atoms with Crippen molar-refractivity contribution in [3.05, 3.63) is 27.8 Å². The van der Waals surface area contributed by atoms with E-state index in [-0.39, 0.29) is 0 Å². The van der Waals surface area contributed by atoms with Crippen LogP contribution in [0.3, 0.4) is 0 Å². The lowest BCUT2D eigenvalue weighted by Crippen LogP contribution is -2.34. The number of aromatic amines is 1. The molecule has 1 N–H and O–H groups in total. The number of hydrogen-bond donors (Lipinski definition) is 1. The Hall–Kier alpha value is -0.860. The first-order valence-corrected chi connectivity index (χ1v) is 8.50. The Kier molecular flexibility index (Phi) is 2.95. The first-order chi connectivity index (χ1) is 8.60. The summed E-state index contributed by atoms with van der Waals surface area (Å²) in [5.41, 5.74) is 1.55. The molecular weight excluding hydrogens is 338 g/mol. The highest BCUT2D eigenvalue weighted by Gasteiger charge is 2.32. The van der Waals surface area contributed by atoms with Crippen molar-refractivity contribution in [2.75, 3.05) is 10.8 Å². The quantitative estimate of drug-likeness (QED) is 0.906. The van der Waals surface area contributed by atoms with Gasteiger partial charge in [0.15, 0.2) is 4.21 Å². The molecule has 0 aromatic carbocycles. The summed E-state index contributed by atoms with van der Waals surface area (Å²) in [6.45, 7) is 0.499. The van der Waals surface area contributed by atoms with E-state index in [1.54, 1.807) is 17.6 Å². The van der Waals surface area contributed by atoms with Crippen molar-refractivity contribution < 1.29 is 8.42 Å². The SMILES string of the molecule is O=S(=O)(c1sccc1Br)N1CCCc2[nH]ncc21. The molecule has 3 rings (SSSR count). The minimum Gasteiger partial charge on any atom is -0.280 e. The number of rotatable bonds is 2. The molecule has 0 amide bonds. The first kappa shape index (κ1) is 12.2. The fraction of sp³-hybridized carbons (Fsp3) is 0.300. The van der Waals surface area contributed by atoms with Crippen LogP contribution in [0.4, 0.5) is 5.69 Å². The Morgan fingerprint density at radius 1 is 1.50 bits per heavy atom. The van der Waals surface area contributed by atoms with Gasteiger partial charge in [-0.3, -0.25) is 9.40 Å². The van der Waals surface area contributed by atoms with Crippen LogP contribution in [0.15, 0.2) is 26.3 Å². The molecule has 18 heavy (non-hydrogen) atoms. The third kappa shape index (κ3) is 1.79. The van der Waals surface area contributed by atoms with Crippen LogP contribution in [0.2, 0.25) is 0 Å². The van der Waals surface area contributed by atoms with Gasteiger partial charge in [-0.15, -0.1) is 11.3 Å². The van der Waals surface area contributed by atoms with Crippen LogP contribution in [-0.4, -0.2) is 25.2 Å². The minimum absolute atomic E-state index is 0.344. The van der Waals surface area contributed by atoms with Gasteiger partial charge in [0.05, 0.1) is 17.6 Å². The second kappa shape index (κ2) is 4.36. The van der Waals surface area contributed by atoms with E-state index in [0.717, 1.165) is 18.5 Å². The number of aromatic nitrogens is 2. The van der Waals surface area contributed by atoms with Crippen molar-refractivity contribution in [2.24, 2.45) is 0 Å². The lowest BCUT2D eigenvalue weighted by atomic mass is 10.1. The zero-order valence-corrected chi connectivity index (χ0v) is 12.5. The highest BCUT2D eigenvalue weighted by molar-refractivity contribution is 9.10. The first-order valence-electron chi connectivity index (χ1n) is 5.38. The third-order valence-corrected chi connectivity index (χ3v) is 7.32. The Labute approximate surface area is 117 Å². The number of sulfonamides is 1. The molecule has 0 bridgehead atoms. The summed E-state index contributed by atoms with van der Waals surface area (Å²) in [4.78, 5) is 0. The molecule has 0 saturated heterocycles. The van der Waals surface area contributed by atoms with E-state index in [1.165, 1.54) is 15.6 Å². The molecule has 0 fully saturated rings. The number of anilines is 1. The fourth-order valence-corrected chi connectivity index (χ4v) is 5.97. The lowest BCUT2D eigenvalue weighted by Gasteiger charge is -2.27. The third-order valence-electron chi connectivity index (χ3n) is 2.86. The molecule has 2 aromatic rings. The summed E-state index contributed by atoms with van der Waals surface area (Å²) in [6, 6.07) is 1.75. The maximum Gasteiger partial charge on any atom is 0.275 e. The predicted octanol–water partition coefficient (Wildman–Crippen LogP) is 2.38. The average molecular weight is 348 g/mol. The van der Waals surface area contributed by atoms with E-state index in [2.05, 4.69) is 26.1 Å². The van der Waals surface area contributed by atoms with Gasteiger partial charge in [0.2, 0.25) is 0 Å². The summed E-state index contributed by atoms with van der Waals surface area (Å²) in [7, 11) is -3.49. The van der Waals surface area contributed by atoms with Crippen molar-refractivity contribution in [3.8, 4) is 0 Å². The molecule has 2 aromatic heterocycles. The standard InChI is InChI=1S/C10H10BrN3O2S2/c11-7-3-5-17-10(7)18(15,16)14-4-1-2-8-9(14)6-12-13-8/h3,5-6H,1-2,4H2,(H,12,13). The number of halogens is 1. The van der Waals surface area contributed by atoms with Gasteiger partial charge in [-0.25, -0.2) is 8.42 Å². The molecule has 0 aliphatic carbocycles. The van der Waals surface area contributed by atoms with Crippen LogP contribution in [0.1, 0.15) is 12.1 Å². The van der Waals surface area contributed by atoms with Gasteiger partial charge in [0, 0.05) is 11.0 Å². The highest BCUT2D eigenvalue weighted by Crippen LogP contribution is 2.35. The van der Waals surface area contributed by atoms with Crippen molar-refractivity contribution in [1.82, 2.24) is 10.2 Å². The van der Waals surface area contributed by atoms with Gasteiger partial charge >= 0.3 is 0 Å². The lowest BCUT2D eigenvalue weighted by molar-refractivity contribution is 0.588. The van der Waals surface area contributed by atoms with Gasteiger partial charge in [-0.2, -0.15) is 5.10 Å². The van der Waals surface area contributed by atoms with Crippen LogP contribution in [0.25, 0.3) is 0 Å². The molecule has 0 spiro atoms.